The lowest BCUT2D eigenvalue weighted by molar-refractivity contribution is -0.124. The van der Waals surface area contributed by atoms with E-state index in [0.717, 1.165) is 10.0 Å². The van der Waals surface area contributed by atoms with Crippen LogP contribution in [0.3, 0.4) is 0 Å². The van der Waals surface area contributed by atoms with Crippen LogP contribution in [0.4, 0.5) is 0 Å². The third-order valence-corrected chi connectivity index (χ3v) is 7.48. The molecule has 1 aromatic heterocycles. The Kier molecular flexibility index (Phi) is 7.51. The number of hydroxylamine groups is 1. The molecule has 0 saturated heterocycles. The van der Waals surface area contributed by atoms with E-state index in [0.29, 0.717) is 44.8 Å². The third-order valence-electron chi connectivity index (χ3n) is 5.80. The van der Waals surface area contributed by atoms with Crippen molar-refractivity contribution in [2.45, 2.75) is 4.90 Å². The van der Waals surface area contributed by atoms with Crippen molar-refractivity contribution in [1.82, 2.24) is 9.45 Å². The summed E-state index contributed by atoms with van der Waals surface area (Å²) >= 11 is 0. The highest BCUT2D eigenvalue weighted by molar-refractivity contribution is 7.90. The topological polar surface area (TPSA) is 133 Å². The minimum Gasteiger partial charge on any atom is -0.493 e. The van der Waals surface area contributed by atoms with Gasteiger partial charge in [-0.2, -0.15) is 0 Å². The fraction of sp³-hybridized carbons (Fsp3) is 0.111. The molecule has 0 aliphatic heterocycles. The quantitative estimate of drug-likeness (QED) is 0.143. The number of nitrogens with one attached hydrogen (secondary N) is 1. The van der Waals surface area contributed by atoms with Crippen molar-refractivity contribution < 1.29 is 37.4 Å². The van der Waals surface area contributed by atoms with Crippen molar-refractivity contribution in [2.75, 3.05) is 21.3 Å². The molecule has 4 aromatic rings. The Morgan fingerprint density at radius 2 is 1.61 bits per heavy atom. The number of nitrogens with zero attached hydrogens (tertiary/aromatic N) is 1. The molecule has 0 spiro atoms. The van der Waals surface area contributed by atoms with Crippen LogP contribution in [0.5, 0.6) is 17.2 Å². The molecule has 10 nitrogen and oxygen atoms in total. The summed E-state index contributed by atoms with van der Waals surface area (Å²) in [5.41, 5.74) is 2.96. The monoisotopic (exact) mass is 536 g/mol. The standard InChI is InChI=1S/C27H24N2O8S/c1-35-23-15-20(16-24(36-2)27(23)37-3)26(31)19-8-9-22-18(14-19)11-12-29(22)38(33,34)21-6-4-5-17(13-21)7-10-25(30)28-32/h4-16,32H,1-3H3,(H,28,30)/b10-7+. The number of rotatable bonds is 9. The lowest BCUT2D eigenvalue weighted by atomic mass is 10.0. The van der Waals surface area contributed by atoms with E-state index in [2.05, 4.69) is 0 Å². The zero-order valence-electron chi connectivity index (χ0n) is 20.7. The van der Waals surface area contributed by atoms with Gasteiger partial charge in [0.2, 0.25) is 5.75 Å². The van der Waals surface area contributed by atoms with Crippen LogP contribution in [0, 0.1) is 0 Å². The van der Waals surface area contributed by atoms with Gasteiger partial charge in [-0.15, -0.1) is 0 Å². The van der Waals surface area contributed by atoms with Crippen molar-refractivity contribution in [3.05, 3.63) is 89.6 Å². The van der Waals surface area contributed by atoms with Crippen LogP contribution in [0.15, 0.2) is 77.8 Å². The molecular weight excluding hydrogens is 512 g/mol. The summed E-state index contributed by atoms with van der Waals surface area (Å²) in [6.45, 7) is 0. The molecule has 11 heteroatoms. The molecule has 0 fully saturated rings. The Hall–Kier alpha value is -4.61. The number of ether oxygens (including phenoxy) is 3. The van der Waals surface area contributed by atoms with Crippen molar-refractivity contribution in [2.24, 2.45) is 0 Å². The zero-order valence-corrected chi connectivity index (χ0v) is 21.5. The van der Waals surface area contributed by atoms with E-state index < -0.39 is 15.9 Å². The van der Waals surface area contributed by atoms with Gasteiger partial charge in [-0.25, -0.2) is 17.9 Å². The molecule has 4 rings (SSSR count). The molecule has 0 bridgehead atoms. The van der Waals surface area contributed by atoms with E-state index in [1.54, 1.807) is 48.5 Å². The lowest BCUT2D eigenvalue weighted by Gasteiger charge is -2.14. The Bertz CT molecular complexity index is 1650. The van der Waals surface area contributed by atoms with Crippen LogP contribution in [0.25, 0.3) is 17.0 Å². The van der Waals surface area contributed by atoms with Gasteiger partial charge >= 0.3 is 0 Å². The number of benzene rings is 3. The van der Waals surface area contributed by atoms with Crippen LogP contribution >= 0.6 is 0 Å². The molecule has 196 valence electrons. The van der Waals surface area contributed by atoms with Crippen LogP contribution in [-0.4, -0.2) is 50.6 Å². The highest BCUT2D eigenvalue weighted by Crippen LogP contribution is 2.39. The first-order valence-electron chi connectivity index (χ1n) is 11.2. The molecule has 0 saturated carbocycles. The van der Waals surface area contributed by atoms with Crippen molar-refractivity contribution in [3.8, 4) is 17.2 Å². The maximum Gasteiger partial charge on any atom is 0.268 e. The summed E-state index contributed by atoms with van der Waals surface area (Å²) in [4.78, 5) is 24.5. The second kappa shape index (κ2) is 10.8. The molecule has 1 heterocycles. The summed E-state index contributed by atoms with van der Waals surface area (Å²) in [7, 11) is 0.384. The fourth-order valence-electron chi connectivity index (χ4n) is 3.95. The van der Waals surface area contributed by atoms with Gasteiger partial charge in [0.15, 0.2) is 17.3 Å². The predicted octanol–water partition coefficient (Wildman–Crippen LogP) is 3.65. The number of hydrogen-bond donors (Lipinski definition) is 2. The summed E-state index contributed by atoms with van der Waals surface area (Å²) in [6, 6.07) is 15.4. The first-order valence-corrected chi connectivity index (χ1v) is 12.6. The number of carbonyl (C=O) groups is 2. The van der Waals surface area contributed by atoms with Gasteiger partial charge in [-0.1, -0.05) is 12.1 Å². The van der Waals surface area contributed by atoms with E-state index in [9.17, 15) is 18.0 Å². The van der Waals surface area contributed by atoms with E-state index in [1.807, 2.05) is 0 Å². The lowest BCUT2D eigenvalue weighted by Crippen LogP contribution is -2.14. The normalized spacial score (nSPS) is 11.5. The number of methoxy groups -OCH3 is 3. The molecule has 0 aliphatic rings. The minimum atomic E-state index is -4.00. The van der Waals surface area contributed by atoms with Gasteiger partial charge in [0.05, 0.1) is 31.7 Å². The Morgan fingerprint density at radius 3 is 2.24 bits per heavy atom. The van der Waals surface area contributed by atoms with Crippen LogP contribution in [-0.2, 0) is 14.8 Å². The number of fused-ring (bicyclic) bond motifs is 1. The van der Waals surface area contributed by atoms with Crippen molar-refractivity contribution >= 4 is 38.7 Å². The molecule has 1 amide bonds. The minimum absolute atomic E-state index is 0.000803. The average molecular weight is 537 g/mol. The summed E-state index contributed by atoms with van der Waals surface area (Å²) in [5.74, 6) is -0.0228. The molecule has 38 heavy (non-hydrogen) atoms. The number of carbonyl (C=O) groups excluding carboxylic acids is 2. The van der Waals surface area contributed by atoms with Crippen molar-refractivity contribution in [1.29, 1.82) is 0 Å². The smallest absolute Gasteiger partial charge is 0.268 e. The summed E-state index contributed by atoms with van der Waals surface area (Å²) in [5, 5.41) is 9.17. The van der Waals surface area contributed by atoms with Crippen molar-refractivity contribution in [3.63, 3.8) is 0 Å². The number of aromatic nitrogens is 1. The van der Waals surface area contributed by atoms with Gasteiger partial charge in [0.1, 0.15) is 0 Å². The van der Waals surface area contributed by atoms with Crippen LogP contribution in [0.1, 0.15) is 21.5 Å². The molecule has 0 atom stereocenters. The van der Waals surface area contributed by atoms with Crippen LogP contribution in [0.2, 0.25) is 0 Å². The summed E-state index contributed by atoms with van der Waals surface area (Å²) < 4.78 is 43.9. The summed E-state index contributed by atoms with van der Waals surface area (Å²) in [6.07, 6.45) is 3.86. The van der Waals surface area contributed by atoms with E-state index >= 15 is 0 Å². The van der Waals surface area contributed by atoms with Gasteiger partial charge in [-0.3, -0.25) is 14.8 Å². The molecule has 2 N–H and O–H groups in total. The Balaban J connectivity index is 1.70. The van der Waals surface area contributed by atoms with Gasteiger partial charge in [0, 0.05) is 28.8 Å². The first-order chi connectivity index (χ1) is 18.2. The van der Waals surface area contributed by atoms with Gasteiger partial charge < -0.3 is 14.2 Å². The largest absolute Gasteiger partial charge is 0.493 e. The van der Waals surface area contributed by atoms with E-state index in [-0.39, 0.29) is 10.7 Å². The maximum atomic E-state index is 13.4. The molecule has 0 radical (unpaired) electrons. The predicted molar refractivity (Wildman–Crippen MR) is 139 cm³/mol. The zero-order chi connectivity index (χ0) is 27.4. The molecule has 0 unspecified atom stereocenters. The molecule has 0 aliphatic carbocycles. The fourth-order valence-corrected chi connectivity index (χ4v) is 5.36. The van der Waals surface area contributed by atoms with Crippen LogP contribution < -0.4 is 19.7 Å². The molecule has 3 aromatic carbocycles. The average Bonchev–Trinajstić information content (AvgIpc) is 3.39. The second-order valence-electron chi connectivity index (χ2n) is 8.02. The third kappa shape index (κ3) is 4.97. The highest BCUT2D eigenvalue weighted by atomic mass is 32.2. The second-order valence-corrected chi connectivity index (χ2v) is 9.83. The SMILES string of the molecule is COc1cc(C(=O)c2ccc3c(ccn3S(=O)(=O)c3cccc(/C=C/C(=O)NO)c3)c2)cc(OC)c1OC. The number of hydrogen-bond acceptors (Lipinski definition) is 8. The van der Waals surface area contributed by atoms with Gasteiger partial charge in [0.25, 0.3) is 15.9 Å². The van der Waals surface area contributed by atoms with E-state index in [4.69, 9.17) is 19.4 Å². The Morgan fingerprint density at radius 1 is 0.895 bits per heavy atom. The van der Waals surface area contributed by atoms with Gasteiger partial charge in [-0.05, 0) is 60.2 Å². The highest BCUT2D eigenvalue weighted by Gasteiger charge is 2.21. The number of amides is 1. The van der Waals surface area contributed by atoms with E-state index in [1.165, 1.54) is 51.2 Å². The Labute approximate surface area is 218 Å². The first kappa shape index (κ1) is 26.5. The maximum absolute atomic E-state index is 13.4. The number of ketones is 1. The molecular formula is C27H24N2O8S.